The highest BCUT2D eigenvalue weighted by Gasteiger charge is 2.34. The van der Waals surface area contributed by atoms with Crippen LogP contribution in [0.15, 0.2) is 24.3 Å². The third-order valence-electron chi connectivity index (χ3n) is 4.71. The summed E-state index contributed by atoms with van der Waals surface area (Å²) in [5.41, 5.74) is 6.18. The molecule has 9 heteroatoms. The topological polar surface area (TPSA) is 135 Å². The Balaban J connectivity index is 1.88. The van der Waals surface area contributed by atoms with E-state index in [0.29, 0.717) is 37.1 Å². The standard InChI is InChI=1S/C19H26N4O5/c1-3-28-18(25)15(27-2)12-8-10-23(11-9-12)19(26)22-17(24)14-6-4-13(5-7-14)16(20)21/h4-7,12,15H,3,8-11H2,1-2H3,(H3,20,21)(H,22,24,26). The number of carbonyl (C=O) groups is 3. The molecule has 152 valence electrons. The maximum atomic E-state index is 12.4. The van der Waals surface area contributed by atoms with Gasteiger partial charge in [0, 0.05) is 31.3 Å². The Bertz CT molecular complexity index is 726. The number of hydrogen-bond acceptors (Lipinski definition) is 6. The number of imide groups is 1. The van der Waals surface area contributed by atoms with Gasteiger partial charge in [-0.15, -0.1) is 0 Å². The Morgan fingerprint density at radius 2 is 1.79 bits per heavy atom. The van der Waals surface area contributed by atoms with Crippen LogP contribution in [0.25, 0.3) is 0 Å². The largest absolute Gasteiger partial charge is 0.464 e. The van der Waals surface area contributed by atoms with E-state index in [9.17, 15) is 14.4 Å². The average Bonchev–Trinajstić information content (AvgIpc) is 2.69. The molecule has 1 unspecified atom stereocenters. The summed E-state index contributed by atoms with van der Waals surface area (Å²) in [4.78, 5) is 38.1. The summed E-state index contributed by atoms with van der Waals surface area (Å²) in [5.74, 6) is -1.05. The SMILES string of the molecule is CCOC(=O)C(OC)C1CCN(C(=O)NC(=O)c2ccc(C(=N)N)cc2)CC1. The fraction of sp³-hybridized carbons (Fsp3) is 0.474. The molecule has 1 aliphatic heterocycles. The number of amides is 3. The summed E-state index contributed by atoms with van der Waals surface area (Å²) in [6.07, 6.45) is 0.505. The second kappa shape index (κ2) is 9.84. The van der Waals surface area contributed by atoms with E-state index in [1.807, 2.05) is 0 Å². The first kappa shape index (κ1) is 21.4. The van der Waals surface area contributed by atoms with Crippen LogP contribution in [-0.4, -0.2) is 61.6 Å². The van der Waals surface area contributed by atoms with Crippen molar-refractivity contribution in [2.45, 2.75) is 25.9 Å². The molecule has 1 aromatic carbocycles. The van der Waals surface area contributed by atoms with Gasteiger partial charge in [-0.25, -0.2) is 9.59 Å². The summed E-state index contributed by atoms with van der Waals surface area (Å²) in [5, 5.41) is 9.70. The van der Waals surface area contributed by atoms with Gasteiger partial charge in [0.15, 0.2) is 6.10 Å². The third kappa shape index (κ3) is 5.29. The summed E-state index contributed by atoms with van der Waals surface area (Å²) >= 11 is 0. The van der Waals surface area contributed by atoms with Crippen molar-refractivity contribution in [1.29, 1.82) is 5.41 Å². The fourth-order valence-corrected chi connectivity index (χ4v) is 3.16. The first-order valence-electron chi connectivity index (χ1n) is 9.11. The zero-order valence-electron chi connectivity index (χ0n) is 16.1. The number of benzene rings is 1. The molecule has 0 spiro atoms. The van der Waals surface area contributed by atoms with Crippen molar-refractivity contribution in [1.82, 2.24) is 10.2 Å². The normalized spacial score (nSPS) is 15.6. The molecule has 0 saturated carbocycles. The maximum Gasteiger partial charge on any atom is 0.335 e. The van der Waals surface area contributed by atoms with Crippen molar-refractivity contribution in [3.63, 3.8) is 0 Å². The smallest absolute Gasteiger partial charge is 0.335 e. The van der Waals surface area contributed by atoms with Crippen molar-refractivity contribution in [2.75, 3.05) is 26.8 Å². The van der Waals surface area contributed by atoms with Crippen LogP contribution < -0.4 is 11.1 Å². The molecule has 4 N–H and O–H groups in total. The second-order valence-corrected chi connectivity index (χ2v) is 6.48. The maximum absolute atomic E-state index is 12.4. The van der Waals surface area contributed by atoms with Crippen LogP contribution in [0.2, 0.25) is 0 Å². The van der Waals surface area contributed by atoms with Gasteiger partial charge in [-0.05, 0) is 37.8 Å². The number of nitrogens with two attached hydrogens (primary N) is 1. The van der Waals surface area contributed by atoms with Crippen LogP contribution in [0, 0.1) is 11.3 Å². The Hall–Kier alpha value is -2.94. The lowest BCUT2D eigenvalue weighted by Gasteiger charge is -2.34. The van der Waals surface area contributed by atoms with Crippen LogP contribution in [-0.2, 0) is 14.3 Å². The molecule has 1 saturated heterocycles. The summed E-state index contributed by atoms with van der Waals surface area (Å²) in [6.45, 7) is 2.84. The summed E-state index contributed by atoms with van der Waals surface area (Å²) in [6, 6.07) is 5.63. The molecular weight excluding hydrogens is 364 g/mol. The van der Waals surface area contributed by atoms with Crippen LogP contribution in [0.1, 0.15) is 35.7 Å². The number of esters is 1. The lowest BCUT2D eigenvalue weighted by atomic mass is 9.91. The monoisotopic (exact) mass is 390 g/mol. The Kier molecular flexibility index (Phi) is 7.51. The van der Waals surface area contributed by atoms with E-state index in [0.717, 1.165) is 0 Å². The number of hydrogen-bond donors (Lipinski definition) is 3. The van der Waals surface area contributed by atoms with Crippen molar-refractivity contribution in [2.24, 2.45) is 11.7 Å². The van der Waals surface area contributed by atoms with Crippen LogP contribution >= 0.6 is 0 Å². The van der Waals surface area contributed by atoms with Gasteiger partial charge < -0.3 is 20.1 Å². The first-order valence-corrected chi connectivity index (χ1v) is 9.11. The number of carbonyl (C=O) groups excluding carboxylic acids is 3. The molecule has 9 nitrogen and oxygen atoms in total. The first-order chi connectivity index (χ1) is 13.4. The quantitative estimate of drug-likeness (QED) is 0.378. The van der Waals surface area contributed by atoms with E-state index in [1.54, 1.807) is 19.1 Å². The van der Waals surface area contributed by atoms with Gasteiger partial charge in [-0.2, -0.15) is 0 Å². The highest BCUT2D eigenvalue weighted by Crippen LogP contribution is 2.23. The molecule has 0 radical (unpaired) electrons. The molecule has 1 aliphatic rings. The average molecular weight is 390 g/mol. The highest BCUT2D eigenvalue weighted by atomic mass is 16.6. The Morgan fingerprint density at radius 3 is 2.29 bits per heavy atom. The van der Waals surface area contributed by atoms with Crippen molar-refractivity contribution < 1.29 is 23.9 Å². The minimum atomic E-state index is -0.647. The van der Waals surface area contributed by atoms with E-state index >= 15 is 0 Å². The number of urea groups is 1. The molecule has 1 heterocycles. The lowest BCUT2D eigenvalue weighted by Crippen LogP contribution is -2.48. The van der Waals surface area contributed by atoms with Gasteiger partial charge in [0.2, 0.25) is 0 Å². The molecule has 0 bridgehead atoms. The number of nitrogens with one attached hydrogen (secondary N) is 2. The molecule has 1 aromatic rings. The number of likely N-dealkylation sites (tertiary alicyclic amines) is 1. The zero-order valence-corrected chi connectivity index (χ0v) is 16.1. The molecule has 28 heavy (non-hydrogen) atoms. The van der Waals surface area contributed by atoms with Crippen molar-refractivity contribution in [3.8, 4) is 0 Å². The Labute approximate surface area is 163 Å². The Morgan fingerprint density at radius 1 is 1.21 bits per heavy atom. The minimum Gasteiger partial charge on any atom is -0.464 e. The van der Waals surface area contributed by atoms with Crippen LogP contribution in [0.5, 0.6) is 0 Å². The number of ether oxygens (including phenoxy) is 2. The molecule has 2 rings (SSSR count). The van der Waals surface area contributed by atoms with E-state index in [4.69, 9.17) is 20.6 Å². The van der Waals surface area contributed by atoms with Crippen molar-refractivity contribution in [3.05, 3.63) is 35.4 Å². The van der Waals surface area contributed by atoms with E-state index in [-0.39, 0.29) is 18.4 Å². The summed E-state index contributed by atoms with van der Waals surface area (Å²) in [7, 11) is 1.47. The number of amidine groups is 1. The number of methoxy groups -OCH3 is 1. The zero-order chi connectivity index (χ0) is 20.7. The minimum absolute atomic E-state index is 0.0390. The lowest BCUT2D eigenvalue weighted by molar-refractivity contribution is -0.159. The van der Waals surface area contributed by atoms with Gasteiger partial charge in [-0.3, -0.25) is 15.5 Å². The van der Waals surface area contributed by atoms with E-state index in [1.165, 1.54) is 24.1 Å². The van der Waals surface area contributed by atoms with E-state index in [2.05, 4.69) is 5.32 Å². The van der Waals surface area contributed by atoms with Gasteiger partial charge in [0.05, 0.1) is 6.61 Å². The van der Waals surface area contributed by atoms with Gasteiger partial charge in [-0.1, -0.05) is 12.1 Å². The number of piperidine rings is 1. The second-order valence-electron chi connectivity index (χ2n) is 6.48. The molecular formula is C19H26N4O5. The predicted octanol–water partition coefficient (Wildman–Crippen LogP) is 1.11. The van der Waals surface area contributed by atoms with Gasteiger partial charge in [0.25, 0.3) is 5.91 Å². The predicted molar refractivity (Wildman–Crippen MR) is 102 cm³/mol. The van der Waals surface area contributed by atoms with Gasteiger partial charge in [0.1, 0.15) is 5.84 Å². The molecule has 0 aromatic heterocycles. The molecule has 3 amide bonds. The highest BCUT2D eigenvalue weighted by molar-refractivity contribution is 6.05. The number of rotatable bonds is 6. The number of nitrogens with zero attached hydrogens (tertiary/aromatic N) is 1. The van der Waals surface area contributed by atoms with E-state index < -0.39 is 24.0 Å². The van der Waals surface area contributed by atoms with Gasteiger partial charge >= 0.3 is 12.0 Å². The third-order valence-corrected chi connectivity index (χ3v) is 4.71. The fourth-order valence-electron chi connectivity index (χ4n) is 3.16. The number of nitrogen functional groups attached to an aromatic ring is 1. The van der Waals surface area contributed by atoms with Crippen molar-refractivity contribution >= 4 is 23.7 Å². The molecule has 0 aliphatic carbocycles. The molecule has 1 atom stereocenters. The van der Waals surface area contributed by atoms with Crippen LogP contribution in [0.3, 0.4) is 0 Å². The van der Waals surface area contributed by atoms with Crippen LogP contribution in [0.4, 0.5) is 4.79 Å². The molecule has 1 fully saturated rings. The summed E-state index contributed by atoms with van der Waals surface area (Å²) < 4.78 is 10.3.